The molecular formula is C7H22N2. The first-order valence-corrected chi connectivity index (χ1v) is 3.35. The van der Waals surface area contributed by atoms with Crippen LogP contribution in [0.4, 0.5) is 0 Å². The van der Waals surface area contributed by atoms with Crippen molar-refractivity contribution in [1.82, 2.24) is 12.3 Å². The third kappa shape index (κ3) is 7.92. The summed E-state index contributed by atoms with van der Waals surface area (Å²) in [4.78, 5) is 0. The molecule has 60 valence electrons. The first kappa shape index (κ1) is 16.0. The average molecular weight is 134 g/mol. The summed E-state index contributed by atoms with van der Waals surface area (Å²) >= 11 is 0. The normalized spacial score (nSPS) is 8.00. The van der Waals surface area contributed by atoms with Crippen LogP contribution in [0.25, 0.3) is 0 Å². The first-order valence-electron chi connectivity index (χ1n) is 3.35. The minimum atomic E-state index is 0. The van der Waals surface area contributed by atoms with Gasteiger partial charge in [-0.15, -0.1) is 0 Å². The minimum absolute atomic E-state index is 0. The quantitative estimate of drug-likeness (QED) is 0.622. The van der Waals surface area contributed by atoms with Gasteiger partial charge < -0.3 is 12.3 Å². The summed E-state index contributed by atoms with van der Waals surface area (Å²) in [5.74, 6) is 0.986. The summed E-state index contributed by atoms with van der Waals surface area (Å²) in [6.45, 7) is 6.78. The Morgan fingerprint density at radius 2 is 1.00 bits per heavy atom. The molecule has 2 heteroatoms. The van der Waals surface area contributed by atoms with E-state index in [1.54, 1.807) is 0 Å². The van der Waals surface area contributed by atoms with Crippen LogP contribution >= 0.6 is 0 Å². The van der Waals surface area contributed by atoms with Crippen molar-refractivity contribution in [3.8, 4) is 0 Å². The molecule has 0 bridgehead atoms. The molecular weight excluding hydrogens is 112 g/mol. The van der Waals surface area contributed by atoms with Gasteiger partial charge in [0.15, 0.2) is 0 Å². The Bertz CT molecular complexity index is 28.4. The predicted molar refractivity (Wildman–Crippen MR) is 44.4 cm³/mol. The maximum Gasteiger partial charge on any atom is -0.0422 e. The summed E-state index contributed by atoms with van der Waals surface area (Å²) in [6, 6.07) is 0. The van der Waals surface area contributed by atoms with Crippen LogP contribution in [0.5, 0.6) is 0 Å². The molecule has 0 saturated carbocycles. The molecule has 0 atom stereocenters. The van der Waals surface area contributed by atoms with Gasteiger partial charge in [0.25, 0.3) is 0 Å². The van der Waals surface area contributed by atoms with Gasteiger partial charge in [-0.05, 0) is 5.92 Å². The molecule has 0 spiro atoms. The lowest BCUT2D eigenvalue weighted by molar-refractivity contribution is 0.477. The van der Waals surface area contributed by atoms with Gasteiger partial charge in [0, 0.05) is 0 Å². The highest BCUT2D eigenvalue weighted by molar-refractivity contribution is 4.48. The van der Waals surface area contributed by atoms with E-state index >= 15 is 0 Å². The Morgan fingerprint density at radius 1 is 0.778 bits per heavy atom. The Hall–Kier alpha value is -0.0800. The molecule has 0 aromatic rings. The topological polar surface area (TPSA) is 70.0 Å². The zero-order chi connectivity index (χ0) is 5.70. The van der Waals surface area contributed by atoms with E-state index in [0.29, 0.717) is 0 Å². The van der Waals surface area contributed by atoms with Crippen molar-refractivity contribution in [2.75, 3.05) is 0 Å². The van der Waals surface area contributed by atoms with Gasteiger partial charge in [-0.2, -0.15) is 0 Å². The Morgan fingerprint density at radius 3 is 1.00 bits per heavy atom. The van der Waals surface area contributed by atoms with Crippen molar-refractivity contribution in [1.29, 1.82) is 0 Å². The zero-order valence-corrected chi connectivity index (χ0v) is 7.11. The third-order valence-corrected chi connectivity index (χ3v) is 1.73. The molecule has 0 radical (unpaired) electrons. The van der Waals surface area contributed by atoms with Crippen LogP contribution in [-0.4, -0.2) is 0 Å². The largest absolute Gasteiger partial charge is 0.344 e. The van der Waals surface area contributed by atoms with Gasteiger partial charge in [-0.1, -0.05) is 40.0 Å². The number of rotatable bonds is 3. The minimum Gasteiger partial charge on any atom is -0.344 e. The van der Waals surface area contributed by atoms with Gasteiger partial charge in [0.1, 0.15) is 0 Å². The molecule has 0 aromatic carbocycles. The van der Waals surface area contributed by atoms with Gasteiger partial charge >= 0.3 is 0 Å². The van der Waals surface area contributed by atoms with E-state index in [2.05, 4.69) is 20.8 Å². The standard InChI is InChI=1S/C7H16.2H3N/c1-4-7(5-2)6-3;;/h7H,4-6H2,1-3H3;2*1H3. The number of hydrogen-bond acceptors (Lipinski definition) is 2. The van der Waals surface area contributed by atoms with Gasteiger partial charge in [-0.3, -0.25) is 0 Å². The van der Waals surface area contributed by atoms with Crippen molar-refractivity contribution in [2.24, 2.45) is 5.92 Å². The van der Waals surface area contributed by atoms with Crippen molar-refractivity contribution in [2.45, 2.75) is 40.0 Å². The fourth-order valence-corrected chi connectivity index (χ4v) is 0.866. The van der Waals surface area contributed by atoms with E-state index in [1.807, 2.05) is 0 Å². The molecule has 6 N–H and O–H groups in total. The number of hydrogen-bond donors (Lipinski definition) is 2. The fraction of sp³-hybridized carbons (Fsp3) is 1.00. The van der Waals surface area contributed by atoms with E-state index in [-0.39, 0.29) is 12.3 Å². The maximum absolute atomic E-state index is 2.26. The second-order valence-corrected chi connectivity index (χ2v) is 2.09. The van der Waals surface area contributed by atoms with Crippen molar-refractivity contribution < 1.29 is 0 Å². The predicted octanol–water partition coefficient (Wildman–Crippen LogP) is 3.16. The maximum atomic E-state index is 2.26. The van der Waals surface area contributed by atoms with E-state index in [9.17, 15) is 0 Å². The van der Waals surface area contributed by atoms with Crippen molar-refractivity contribution in [3.63, 3.8) is 0 Å². The average Bonchev–Trinajstić information content (AvgIpc) is 1.72. The molecule has 9 heavy (non-hydrogen) atoms. The summed E-state index contributed by atoms with van der Waals surface area (Å²) < 4.78 is 0. The van der Waals surface area contributed by atoms with E-state index in [0.717, 1.165) is 5.92 Å². The van der Waals surface area contributed by atoms with Crippen LogP contribution in [0.2, 0.25) is 0 Å². The summed E-state index contributed by atoms with van der Waals surface area (Å²) in [7, 11) is 0. The van der Waals surface area contributed by atoms with Crippen LogP contribution in [0, 0.1) is 5.92 Å². The summed E-state index contributed by atoms with van der Waals surface area (Å²) in [6.07, 6.45) is 4.06. The van der Waals surface area contributed by atoms with Crippen molar-refractivity contribution >= 4 is 0 Å². The Balaban J connectivity index is -0.000000180. The highest BCUT2D eigenvalue weighted by atomic mass is 14.0. The van der Waals surface area contributed by atoms with Crippen molar-refractivity contribution in [3.05, 3.63) is 0 Å². The van der Waals surface area contributed by atoms with Crippen LogP contribution in [-0.2, 0) is 0 Å². The molecule has 0 rings (SSSR count). The highest BCUT2D eigenvalue weighted by Crippen LogP contribution is 2.09. The van der Waals surface area contributed by atoms with Crippen LogP contribution < -0.4 is 12.3 Å². The zero-order valence-electron chi connectivity index (χ0n) is 7.11. The molecule has 0 saturated heterocycles. The molecule has 0 unspecified atom stereocenters. The van der Waals surface area contributed by atoms with E-state index < -0.39 is 0 Å². The van der Waals surface area contributed by atoms with Gasteiger partial charge in [0.05, 0.1) is 0 Å². The molecule has 0 aliphatic heterocycles. The highest BCUT2D eigenvalue weighted by Gasteiger charge is 1.95. The van der Waals surface area contributed by atoms with E-state index in [4.69, 9.17) is 0 Å². The molecule has 0 aliphatic rings. The van der Waals surface area contributed by atoms with Crippen LogP contribution in [0.3, 0.4) is 0 Å². The third-order valence-electron chi connectivity index (χ3n) is 1.73. The monoisotopic (exact) mass is 134 g/mol. The van der Waals surface area contributed by atoms with Gasteiger partial charge in [-0.25, -0.2) is 0 Å². The lowest BCUT2D eigenvalue weighted by Crippen LogP contribution is -1.91. The van der Waals surface area contributed by atoms with E-state index in [1.165, 1.54) is 19.3 Å². The summed E-state index contributed by atoms with van der Waals surface area (Å²) in [5, 5.41) is 0. The molecule has 0 heterocycles. The lowest BCUT2D eigenvalue weighted by Gasteiger charge is -2.05. The second-order valence-electron chi connectivity index (χ2n) is 2.09. The van der Waals surface area contributed by atoms with Gasteiger partial charge in [0.2, 0.25) is 0 Å². The Labute approximate surface area is 59.2 Å². The van der Waals surface area contributed by atoms with Crippen LogP contribution in [0.1, 0.15) is 40.0 Å². The summed E-state index contributed by atoms with van der Waals surface area (Å²) in [5.41, 5.74) is 0. The molecule has 0 amide bonds. The first-order chi connectivity index (χ1) is 3.35. The SMILES string of the molecule is CCC(CC)CC.N.N. The molecule has 0 aromatic heterocycles. The molecule has 0 fully saturated rings. The lowest BCUT2D eigenvalue weighted by atomic mass is 10.0. The molecule has 2 nitrogen and oxygen atoms in total. The smallest absolute Gasteiger partial charge is 0.0422 e. The molecule has 0 aliphatic carbocycles. The van der Waals surface area contributed by atoms with Crippen LogP contribution in [0.15, 0.2) is 0 Å². The fourth-order valence-electron chi connectivity index (χ4n) is 0.866. The second kappa shape index (κ2) is 10.8. The Kier molecular flexibility index (Phi) is 19.2.